The van der Waals surface area contributed by atoms with Gasteiger partial charge in [-0.15, -0.1) is 0 Å². The van der Waals surface area contributed by atoms with Crippen LogP contribution < -0.4 is 14.8 Å². The van der Waals surface area contributed by atoms with E-state index in [-0.39, 0.29) is 36.4 Å². The zero-order valence-corrected chi connectivity index (χ0v) is 25.8. The molecule has 1 N–H and O–H groups in total. The molecule has 2 unspecified atom stereocenters. The van der Waals surface area contributed by atoms with Crippen LogP contribution in [0, 0.1) is 5.92 Å². The van der Waals surface area contributed by atoms with Crippen LogP contribution in [0.1, 0.15) is 61.8 Å². The average Bonchev–Trinajstić information content (AvgIpc) is 3.35. The van der Waals surface area contributed by atoms with Crippen LogP contribution in [0.15, 0.2) is 48.5 Å². The number of carbonyl (C=O) groups is 3. The lowest BCUT2D eigenvalue weighted by Crippen LogP contribution is -2.47. The number of hydrogen-bond acceptors (Lipinski definition) is 7. The van der Waals surface area contributed by atoms with E-state index in [9.17, 15) is 14.4 Å². The quantitative estimate of drug-likeness (QED) is 0.363. The first-order valence-corrected chi connectivity index (χ1v) is 14.4. The highest BCUT2D eigenvalue weighted by atomic mass is 16.6. The maximum Gasteiger partial charge on any atom is 0.410 e. The molecular weight excluding hydrogens is 538 g/mol. The Balaban J connectivity index is 1.83. The normalized spacial score (nSPS) is 16.7. The molecule has 3 rings (SSSR count). The van der Waals surface area contributed by atoms with Gasteiger partial charge in [-0.1, -0.05) is 18.2 Å². The number of carbonyl (C=O) groups excluding carboxylic acids is 3. The lowest BCUT2D eigenvalue weighted by atomic mass is 10.0. The Kier molecular flexibility index (Phi) is 11.6. The Labute approximate surface area is 249 Å². The van der Waals surface area contributed by atoms with E-state index in [1.54, 1.807) is 66.5 Å². The molecule has 1 aliphatic rings. The number of hydrogen-bond donors (Lipinski definition) is 1. The fourth-order valence-electron chi connectivity index (χ4n) is 4.79. The minimum absolute atomic E-state index is 0.147. The van der Waals surface area contributed by atoms with Gasteiger partial charge in [-0.05, 0) is 65.0 Å². The van der Waals surface area contributed by atoms with Gasteiger partial charge in [0.1, 0.15) is 5.60 Å². The van der Waals surface area contributed by atoms with Crippen molar-refractivity contribution >= 4 is 17.9 Å². The molecule has 2 aromatic carbocycles. The fourth-order valence-corrected chi connectivity index (χ4v) is 4.79. The van der Waals surface area contributed by atoms with Crippen molar-refractivity contribution in [1.29, 1.82) is 0 Å². The number of rotatable bonds is 12. The summed E-state index contributed by atoms with van der Waals surface area (Å²) in [5.74, 6) is 0.378. The van der Waals surface area contributed by atoms with Crippen molar-refractivity contribution in [3.63, 3.8) is 0 Å². The summed E-state index contributed by atoms with van der Waals surface area (Å²) in [6.45, 7) is 11.3. The van der Waals surface area contributed by atoms with E-state index in [2.05, 4.69) is 5.32 Å². The molecule has 0 spiro atoms. The topological polar surface area (TPSA) is 107 Å². The summed E-state index contributed by atoms with van der Waals surface area (Å²) < 4.78 is 22.0. The average molecular weight is 584 g/mol. The highest BCUT2D eigenvalue weighted by Crippen LogP contribution is 2.30. The summed E-state index contributed by atoms with van der Waals surface area (Å²) in [6, 6.07) is 13.5. The summed E-state index contributed by atoms with van der Waals surface area (Å²) in [5, 5.41) is 3.10. The third-order valence-electron chi connectivity index (χ3n) is 6.92. The van der Waals surface area contributed by atoms with Gasteiger partial charge < -0.3 is 34.1 Å². The predicted octanol–water partition coefficient (Wildman–Crippen LogP) is 4.63. The van der Waals surface area contributed by atoms with Gasteiger partial charge in [-0.2, -0.15) is 0 Å². The molecule has 0 bridgehead atoms. The highest BCUT2D eigenvalue weighted by molar-refractivity contribution is 5.95. The molecular formula is C32H45N3O7. The van der Waals surface area contributed by atoms with Gasteiger partial charge in [0, 0.05) is 62.9 Å². The number of methoxy groups -OCH3 is 2. The SMILES string of the molecule is COCCCOc1cc(C(=O)N(CC2CN(C(=O)OC(C)(C)C)CC2NC(=O)c2ccccc2)C(C)C)ccc1OC. The zero-order valence-electron chi connectivity index (χ0n) is 25.8. The molecule has 1 saturated heterocycles. The van der Waals surface area contributed by atoms with Crippen molar-refractivity contribution in [2.24, 2.45) is 5.92 Å². The second-order valence-corrected chi connectivity index (χ2v) is 11.7. The molecule has 42 heavy (non-hydrogen) atoms. The first-order valence-electron chi connectivity index (χ1n) is 14.4. The minimum Gasteiger partial charge on any atom is -0.493 e. The lowest BCUT2D eigenvalue weighted by molar-refractivity contribution is 0.0282. The molecule has 0 aliphatic carbocycles. The minimum atomic E-state index is -0.657. The maximum atomic E-state index is 13.9. The standard InChI is InChI=1S/C32H45N3O7/c1-22(2)35(30(37)24-14-15-27(40-7)28(18-24)41-17-11-16-39-6)20-25-19-34(31(38)42-32(3,4)5)21-26(25)33-29(36)23-12-9-8-10-13-23/h8-10,12-15,18,22,25-26H,11,16-17,19-21H2,1-7H3,(H,33,36). The Hall–Kier alpha value is -3.79. The molecule has 2 aromatic rings. The molecule has 0 saturated carbocycles. The molecule has 1 aliphatic heterocycles. The molecule has 1 heterocycles. The van der Waals surface area contributed by atoms with Crippen molar-refractivity contribution in [2.45, 2.75) is 58.7 Å². The Morgan fingerprint density at radius 3 is 2.31 bits per heavy atom. The zero-order chi connectivity index (χ0) is 30.9. The third-order valence-corrected chi connectivity index (χ3v) is 6.92. The van der Waals surface area contributed by atoms with Crippen LogP contribution in [0.2, 0.25) is 0 Å². The summed E-state index contributed by atoms with van der Waals surface area (Å²) in [7, 11) is 3.19. The van der Waals surface area contributed by atoms with Gasteiger partial charge in [0.15, 0.2) is 11.5 Å². The highest BCUT2D eigenvalue weighted by Gasteiger charge is 2.40. The first kappa shape index (κ1) is 32.7. The van der Waals surface area contributed by atoms with Crippen LogP contribution in [-0.2, 0) is 9.47 Å². The molecule has 1 fully saturated rings. The number of ether oxygens (including phenoxy) is 4. The van der Waals surface area contributed by atoms with Crippen molar-refractivity contribution in [2.75, 3.05) is 47.1 Å². The monoisotopic (exact) mass is 583 g/mol. The van der Waals surface area contributed by atoms with Gasteiger partial charge in [-0.3, -0.25) is 9.59 Å². The van der Waals surface area contributed by atoms with E-state index in [0.29, 0.717) is 55.4 Å². The van der Waals surface area contributed by atoms with Crippen LogP contribution in [0.3, 0.4) is 0 Å². The van der Waals surface area contributed by atoms with Gasteiger partial charge >= 0.3 is 6.09 Å². The molecule has 0 aromatic heterocycles. The van der Waals surface area contributed by atoms with Gasteiger partial charge in [-0.25, -0.2) is 4.79 Å². The predicted molar refractivity (Wildman–Crippen MR) is 160 cm³/mol. The Bertz CT molecular complexity index is 1200. The summed E-state index contributed by atoms with van der Waals surface area (Å²) >= 11 is 0. The smallest absolute Gasteiger partial charge is 0.410 e. The van der Waals surface area contributed by atoms with Crippen molar-refractivity contribution in [3.05, 3.63) is 59.7 Å². The maximum absolute atomic E-state index is 13.9. The molecule has 3 amide bonds. The Morgan fingerprint density at radius 2 is 1.69 bits per heavy atom. The largest absolute Gasteiger partial charge is 0.493 e. The second-order valence-electron chi connectivity index (χ2n) is 11.7. The van der Waals surface area contributed by atoms with Gasteiger partial charge in [0.25, 0.3) is 11.8 Å². The molecule has 0 radical (unpaired) electrons. The Morgan fingerprint density at radius 1 is 0.976 bits per heavy atom. The lowest BCUT2D eigenvalue weighted by Gasteiger charge is -2.32. The molecule has 10 heteroatoms. The molecule has 2 atom stereocenters. The van der Waals surface area contributed by atoms with Crippen LogP contribution in [-0.4, -0.2) is 92.5 Å². The van der Waals surface area contributed by atoms with E-state index in [1.807, 2.05) is 40.7 Å². The van der Waals surface area contributed by atoms with Gasteiger partial charge in [0.2, 0.25) is 0 Å². The number of nitrogens with one attached hydrogen (secondary N) is 1. The van der Waals surface area contributed by atoms with Crippen LogP contribution in [0.25, 0.3) is 0 Å². The van der Waals surface area contributed by atoms with Crippen molar-refractivity contribution < 1.29 is 33.3 Å². The molecule has 10 nitrogen and oxygen atoms in total. The first-order chi connectivity index (χ1) is 19.9. The van der Waals surface area contributed by atoms with E-state index < -0.39 is 11.7 Å². The van der Waals surface area contributed by atoms with E-state index in [4.69, 9.17) is 18.9 Å². The number of nitrogens with zero attached hydrogens (tertiary/aromatic N) is 2. The van der Waals surface area contributed by atoms with Crippen LogP contribution >= 0.6 is 0 Å². The summed E-state index contributed by atoms with van der Waals surface area (Å²) in [4.78, 5) is 43.3. The van der Waals surface area contributed by atoms with Crippen molar-refractivity contribution in [1.82, 2.24) is 15.1 Å². The number of likely N-dealkylation sites (tertiary alicyclic amines) is 1. The molecule has 230 valence electrons. The van der Waals surface area contributed by atoms with E-state index in [0.717, 1.165) is 0 Å². The van der Waals surface area contributed by atoms with Crippen LogP contribution in [0.5, 0.6) is 11.5 Å². The number of amides is 3. The van der Waals surface area contributed by atoms with Gasteiger partial charge in [0.05, 0.1) is 19.8 Å². The van der Waals surface area contributed by atoms with E-state index in [1.165, 1.54) is 0 Å². The van der Waals surface area contributed by atoms with Crippen LogP contribution in [0.4, 0.5) is 4.79 Å². The van der Waals surface area contributed by atoms with E-state index >= 15 is 0 Å². The summed E-state index contributed by atoms with van der Waals surface area (Å²) in [6.07, 6.45) is 0.249. The fraction of sp³-hybridized carbons (Fsp3) is 0.531. The van der Waals surface area contributed by atoms with Crippen molar-refractivity contribution in [3.8, 4) is 11.5 Å². The third kappa shape index (κ3) is 9.11. The number of benzene rings is 2. The second kappa shape index (κ2) is 14.9. The summed E-state index contributed by atoms with van der Waals surface area (Å²) in [5.41, 5.74) is 0.327.